The highest BCUT2D eigenvalue weighted by molar-refractivity contribution is 7.80. The topological polar surface area (TPSA) is 52.7 Å². The summed E-state index contributed by atoms with van der Waals surface area (Å²) in [6, 6.07) is 16.7. The molecule has 0 atom stereocenters. The quantitative estimate of drug-likeness (QED) is 0.621. The van der Waals surface area contributed by atoms with E-state index in [2.05, 4.69) is 65.6 Å². The van der Waals surface area contributed by atoms with Gasteiger partial charge in [0.15, 0.2) is 5.11 Å². The van der Waals surface area contributed by atoms with Crippen molar-refractivity contribution in [3.63, 3.8) is 0 Å². The van der Waals surface area contributed by atoms with Gasteiger partial charge in [-0.25, -0.2) is 4.98 Å². The van der Waals surface area contributed by atoms with E-state index in [0.717, 1.165) is 16.9 Å². The Kier molecular flexibility index (Phi) is 5.04. The van der Waals surface area contributed by atoms with Crippen LogP contribution in [0.4, 0.5) is 0 Å². The molecule has 3 N–H and O–H groups in total. The molecule has 1 aromatic heterocycles. The summed E-state index contributed by atoms with van der Waals surface area (Å²) in [7, 11) is 0. The Morgan fingerprint density at radius 1 is 1.00 bits per heavy atom. The molecule has 0 fully saturated rings. The number of aromatic amines is 1. The third kappa shape index (κ3) is 4.57. The third-order valence-electron chi connectivity index (χ3n) is 4.13. The average molecular weight is 353 g/mol. The van der Waals surface area contributed by atoms with Crippen molar-refractivity contribution in [2.24, 2.45) is 0 Å². The minimum absolute atomic E-state index is 0.176. The lowest BCUT2D eigenvalue weighted by Crippen LogP contribution is -2.34. The van der Waals surface area contributed by atoms with Gasteiger partial charge in [0.2, 0.25) is 0 Å². The SMILES string of the molecule is CC(C)(C)c1ccc(CNC(=S)NCc2nc3ccccc3[nH]2)cc1. The van der Waals surface area contributed by atoms with Crippen molar-refractivity contribution in [2.75, 3.05) is 0 Å². The molecule has 0 saturated carbocycles. The summed E-state index contributed by atoms with van der Waals surface area (Å²) in [6.45, 7) is 7.94. The largest absolute Gasteiger partial charge is 0.359 e. The van der Waals surface area contributed by atoms with Crippen molar-refractivity contribution < 1.29 is 0 Å². The lowest BCUT2D eigenvalue weighted by atomic mass is 9.87. The number of para-hydroxylation sites is 2. The van der Waals surface area contributed by atoms with Gasteiger partial charge >= 0.3 is 0 Å². The molecule has 0 unspecified atom stereocenters. The van der Waals surface area contributed by atoms with Crippen LogP contribution in [0.15, 0.2) is 48.5 Å². The van der Waals surface area contributed by atoms with Gasteiger partial charge in [0.25, 0.3) is 0 Å². The van der Waals surface area contributed by atoms with Crippen LogP contribution in [0, 0.1) is 0 Å². The van der Waals surface area contributed by atoms with Crippen molar-refractivity contribution in [1.29, 1.82) is 0 Å². The van der Waals surface area contributed by atoms with E-state index in [0.29, 0.717) is 18.2 Å². The highest BCUT2D eigenvalue weighted by Crippen LogP contribution is 2.22. The maximum Gasteiger partial charge on any atom is 0.166 e. The zero-order chi connectivity index (χ0) is 17.9. The summed E-state index contributed by atoms with van der Waals surface area (Å²) >= 11 is 5.35. The van der Waals surface area contributed by atoms with E-state index in [9.17, 15) is 0 Å². The van der Waals surface area contributed by atoms with Gasteiger partial charge in [-0.3, -0.25) is 0 Å². The Labute approximate surface area is 154 Å². The van der Waals surface area contributed by atoms with E-state index >= 15 is 0 Å². The van der Waals surface area contributed by atoms with Crippen LogP contribution >= 0.6 is 12.2 Å². The van der Waals surface area contributed by atoms with Crippen LogP contribution in [0.2, 0.25) is 0 Å². The monoisotopic (exact) mass is 352 g/mol. The molecule has 0 amide bonds. The molecule has 25 heavy (non-hydrogen) atoms. The van der Waals surface area contributed by atoms with Crippen molar-refractivity contribution in [3.8, 4) is 0 Å². The summed E-state index contributed by atoms with van der Waals surface area (Å²) < 4.78 is 0. The van der Waals surface area contributed by atoms with E-state index in [4.69, 9.17) is 12.2 Å². The first-order valence-electron chi connectivity index (χ1n) is 8.46. The zero-order valence-corrected chi connectivity index (χ0v) is 15.7. The highest BCUT2D eigenvalue weighted by atomic mass is 32.1. The molecule has 4 nitrogen and oxygen atoms in total. The fourth-order valence-electron chi connectivity index (χ4n) is 2.62. The molecule has 0 aliphatic carbocycles. The number of H-pyrrole nitrogens is 1. The van der Waals surface area contributed by atoms with Gasteiger partial charge in [-0.2, -0.15) is 0 Å². The smallest absolute Gasteiger partial charge is 0.166 e. The average Bonchev–Trinajstić information content (AvgIpc) is 3.00. The Hall–Kier alpha value is -2.40. The summed E-state index contributed by atoms with van der Waals surface area (Å²) in [5, 5.41) is 7.06. The van der Waals surface area contributed by atoms with Gasteiger partial charge in [0.1, 0.15) is 5.82 Å². The predicted molar refractivity (Wildman–Crippen MR) is 108 cm³/mol. The molecule has 3 aromatic rings. The van der Waals surface area contributed by atoms with Crippen LogP contribution in [0.1, 0.15) is 37.7 Å². The molecule has 0 aliphatic rings. The standard InChI is InChI=1S/C20H24N4S/c1-20(2,3)15-10-8-14(9-11-15)12-21-19(25)22-13-18-23-16-6-4-5-7-17(16)24-18/h4-11H,12-13H2,1-3H3,(H,23,24)(H2,21,22,25). The molecule has 0 saturated heterocycles. The van der Waals surface area contributed by atoms with Gasteiger partial charge in [0.05, 0.1) is 17.6 Å². The van der Waals surface area contributed by atoms with Crippen LogP contribution in [-0.2, 0) is 18.5 Å². The highest BCUT2D eigenvalue weighted by Gasteiger charge is 2.12. The number of nitrogens with zero attached hydrogens (tertiary/aromatic N) is 1. The van der Waals surface area contributed by atoms with Crippen LogP contribution < -0.4 is 10.6 Å². The minimum atomic E-state index is 0.176. The lowest BCUT2D eigenvalue weighted by Gasteiger charge is -2.19. The van der Waals surface area contributed by atoms with Gasteiger partial charge in [-0.15, -0.1) is 0 Å². The lowest BCUT2D eigenvalue weighted by molar-refractivity contribution is 0.590. The van der Waals surface area contributed by atoms with Crippen LogP contribution in [0.25, 0.3) is 11.0 Å². The number of benzene rings is 2. The summed E-state index contributed by atoms with van der Waals surface area (Å²) in [5.41, 5.74) is 4.73. The summed E-state index contributed by atoms with van der Waals surface area (Å²) in [5.74, 6) is 0.875. The minimum Gasteiger partial charge on any atom is -0.359 e. The van der Waals surface area contributed by atoms with E-state index < -0.39 is 0 Å². The summed E-state index contributed by atoms with van der Waals surface area (Å²) in [4.78, 5) is 7.81. The van der Waals surface area contributed by atoms with Crippen molar-refractivity contribution in [2.45, 2.75) is 39.3 Å². The van der Waals surface area contributed by atoms with E-state index in [1.807, 2.05) is 24.3 Å². The Morgan fingerprint density at radius 2 is 1.68 bits per heavy atom. The first kappa shape index (κ1) is 17.4. The fourth-order valence-corrected chi connectivity index (χ4v) is 2.77. The number of nitrogens with one attached hydrogen (secondary N) is 3. The van der Waals surface area contributed by atoms with E-state index in [1.54, 1.807) is 0 Å². The van der Waals surface area contributed by atoms with Crippen molar-refractivity contribution in [1.82, 2.24) is 20.6 Å². The summed E-state index contributed by atoms with van der Waals surface area (Å²) in [6.07, 6.45) is 0. The maximum atomic E-state index is 5.35. The molecule has 130 valence electrons. The van der Waals surface area contributed by atoms with Crippen LogP contribution in [0.5, 0.6) is 0 Å². The number of aromatic nitrogens is 2. The van der Waals surface area contributed by atoms with Crippen molar-refractivity contribution >= 4 is 28.4 Å². The van der Waals surface area contributed by atoms with Crippen LogP contribution in [-0.4, -0.2) is 15.1 Å². The number of thiocarbonyl (C=S) groups is 1. The molecule has 3 rings (SSSR count). The second-order valence-corrected chi connectivity index (χ2v) is 7.59. The molecular formula is C20H24N4S. The predicted octanol–water partition coefficient (Wildman–Crippen LogP) is 4.02. The normalized spacial score (nSPS) is 11.5. The zero-order valence-electron chi connectivity index (χ0n) is 14.9. The van der Waals surface area contributed by atoms with Gasteiger partial charge in [0, 0.05) is 6.54 Å². The molecule has 0 aliphatic heterocycles. The Bertz CT molecular complexity index is 826. The second-order valence-electron chi connectivity index (χ2n) is 7.18. The number of hydrogen-bond acceptors (Lipinski definition) is 2. The molecule has 0 spiro atoms. The number of fused-ring (bicyclic) bond motifs is 1. The first-order valence-corrected chi connectivity index (χ1v) is 8.87. The second kappa shape index (κ2) is 7.23. The molecule has 5 heteroatoms. The molecule has 2 aromatic carbocycles. The molecule has 1 heterocycles. The number of imidazole rings is 1. The van der Waals surface area contributed by atoms with E-state index in [-0.39, 0.29) is 5.41 Å². The maximum absolute atomic E-state index is 5.35. The van der Waals surface area contributed by atoms with Crippen molar-refractivity contribution in [3.05, 3.63) is 65.5 Å². The Morgan fingerprint density at radius 3 is 2.36 bits per heavy atom. The van der Waals surface area contributed by atoms with Crippen LogP contribution in [0.3, 0.4) is 0 Å². The van der Waals surface area contributed by atoms with E-state index in [1.165, 1.54) is 11.1 Å². The first-order chi connectivity index (χ1) is 11.9. The number of hydrogen-bond donors (Lipinski definition) is 3. The van der Waals surface area contributed by atoms with Gasteiger partial charge in [-0.1, -0.05) is 57.2 Å². The van der Waals surface area contributed by atoms with Gasteiger partial charge in [-0.05, 0) is 40.9 Å². The fraction of sp³-hybridized carbons (Fsp3) is 0.300. The molecular weight excluding hydrogens is 328 g/mol. The number of rotatable bonds is 4. The molecule has 0 bridgehead atoms. The third-order valence-corrected chi connectivity index (χ3v) is 4.42. The molecule has 0 radical (unpaired) electrons. The van der Waals surface area contributed by atoms with Gasteiger partial charge < -0.3 is 15.6 Å². The Balaban J connectivity index is 1.49.